The van der Waals surface area contributed by atoms with Crippen molar-refractivity contribution in [1.82, 2.24) is 9.97 Å². The Morgan fingerprint density at radius 1 is 0.786 bits per heavy atom. The van der Waals surface area contributed by atoms with Gasteiger partial charge in [0, 0.05) is 33.9 Å². The van der Waals surface area contributed by atoms with Gasteiger partial charge in [-0.3, -0.25) is 9.97 Å². The lowest BCUT2D eigenvalue weighted by atomic mass is 9.94. The van der Waals surface area contributed by atoms with Gasteiger partial charge in [0.15, 0.2) is 0 Å². The largest absolute Gasteiger partial charge is 0.258 e. The van der Waals surface area contributed by atoms with Gasteiger partial charge in [0.05, 0.1) is 26.3 Å². The number of aromatic nitrogens is 2. The van der Waals surface area contributed by atoms with Crippen molar-refractivity contribution in [3.63, 3.8) is 0 Å². The van der Waals surface area contributed by atoms with Crippen LogP contribution < -0.4 is 0 Å². The van der Waals surface area contributed by atoms with Crippen LogP contribution in [0.1, 0.15) is 11.4 Å². The molecule has 0 saturated heterocycles. The Hall–Kier alpha value is -3.11. The fourth-order valence-electron chi connectivity index (χ4n) is 4.50. The van der Waals surface area contributed by atoms with Gasteiger partial charge < -0.3 is 0 Å². The summed E-state index contributed by atoms with van der Waals surface area (Å²) in [5, 5.41) is 6.70. The van der Waals surface area contributed by atoms with E-state index < -0.39 is 10.8 Å². The molecule has 0 bridgehead atoms. The highest BCUT2D eigenvalue weighted by Gasteiger charge is 2.26. The summed E-state index contributed by atoms with van der Waals surface area (Å²) < 4.78 is 13.5. The smallest absolute Gasteiger partial charge is 0.0863 e. The summed E-state index contributed by atoms with van der Waals surface area (Å²) in [6.07, 6.45) is 1.86. The maximum Gasteiger partial charge on any atom is 0.0863 e. The van der Waals surface area contributed by atoms with Gasteiger partial charge in [-0.15, -0.1) is 0 Å². The third kappa shape index (κ3) is 1.96. The number of hydrogen-bond acceptors (Lipinski definition) is 3. The van der Waals surface area contributed by atoms with Gasteiger partial charge in [0.25, 0.3) is 0 Å². The first-order valence-corrected chi connectivity index (χ1v) is 10.4. The van der Waals surface area contributed by atoms with Crippen LogP contribution >= 0.6 is 0 Å². The van der Waals surface area contributed by atoms with E-state index in [2.05, 4.69) is 34.2 Å². The average Bonchev–Trinajstić information content (AvgIpc) is 2.71. The van der Waals surface area contributed by atoms with Crippen molar-refractivity contribution in [2.75, 3.05) is 0 Å². The van der Waals surface area contributed by atoms with Gasteiger partial charge in [-0.2, -0.15) is 0 Å². The maximum atomic E-state index is 13.5. The summed E-state index contributed by atoms with van der Waals surface area (Å²) in [6, 6.07) is 18.5. The monoisotopic (exact) mass is 380 g/mol. The molecule has 1 unspecified atom stereocenters. The van der Waals surface area contributed by atoms with Crippen molar-refractivity contribution in [1.29, 1.82) is 0 Å². The summed E-state index contributed by atoms with van der Waals surface area (Å²) >= 11 is 0. The summed E-state index contributed by atoms with van der Waals surface area (Å²) in [4.78, 5) is 11.0. The second kappa shape index (κ2) is 5.46. The minimum atomic E-state index is -1.23. The summed E-state index contributed by atoms with van der Waals surface area (Å²) in [5.74, 6) is 0. The fraction of sp³-hybridized carbons (Fsp3) is 0.0833. The molecule has 1 aliphatic heterocycles. The van der Waals surface area contributed by atoms with Crippen LogP contribution in [0.25, 0.3) is 43.6 Å². The number of nitrogens with zero attached hydrogens (tertiary/aromatic N) is 2. The minimum absolute atomic E-state index is 0.837. The first-order valence-electron chi connectivity index (χ1n) is 9.27. The van der Waals surface area contributed by atoms with E-state index in [-0.39, 0.29) is 0 Å². The SMILES string of the molecule is Cc1cc2c(ccc3c4ccnc5c4c(cc23)S(=O)c2ccccc2-5)c(C)n1. The lowest BCUT2D eigenvalue weighted by molar-refractivity contribution is 0.683. The molecule has 1 aliphatic rings. The zero-order valence-electron chi connectivity index (χ0n) is 15.5. The molecule has 0 radical (unpaired) electrons. The molecular weight excluding hydrogens is 364 g/mol. The highest BCUT2D eigenvalue weighted by molar-refractivity contribution is 7.85. The number of hydrogen-bond donors (Lipinski definition) is 0. The molecule has 0 amide bonds. The van der Waals surface area contributed by atoms with Crippen molar-refractivity contribution >= 4 is 43.1 Å². The number of rotatable bonds is 0. The fourth-order valence-corrected chi connectivity index (χ4v) is 5.92. The Bertz CT molecular complexity index is 1500. The molecule has 6 rings (SSSR count). The molecule has 0 saturated carbocycles. The van der Waals surface area contributed by atoms with Crippen molar-refractivity contribution in [2.45, 2.75) is 23.6 Å². The van der Waals surface area contributed by atoms with Crippen LogP contribution in [-0.2, 0) is 10.8 Å². The zero-order valence-corrected chi connectivity index (χ0v) is 16.3. The van der Waals surface area contributed by atoms with Crippen molar-refractivity contribution in [2.24, 2.45) is 0 Å². The van der Waals surface area contributed by atoms with E-state index >= 15 is 0 Å². The van der Waals surface area contributed by atoms with Crippen LogP contribution in [0.3, 0.4) is 0 Å². The highest BCUT2D eigenvalue weighted by Crippen LogP contribution is 2.44. The summed E-state index contributed by atoms with van der Waals surface area (Å²) in [7, 11) is -1.23. The molecule has 134 valence electrons. The third-order valence-electron chi connectivity index (χ3n) is 5.68. The first-order chi connectivity index (χ1) is 13.6. The summed E-state index contributed by atoms with van der Waals surface area (Å²) in [5.41, 5.74) is 3.91. The van der Waals surface area contributed by atoms with Gasteiger partial charge in [0.1, 0.15) is 0 Å². The molecule has 1 atom stereocenters. The molecule has 2 aromatic heterocycles. The lowest BCUT2D eigenvalue weighted by Gasteiger charge is -2.21. The molecule has 3 heterocycles. The van der Waals surface area contributed by atoms with E-state index in [0.29, 0.717) is 0 Å². The molecule has 5 aromatic rings. The van der Waals surface area contributed by atoms with Crippen molar-refractivity contribution in [3.05, 3.63) is 72.2 Å². The van der Waals surface area contributed by atoms with Gasteiger partial charge >= 0.3 is 0 Å². The van der Waals surface area contributed by atoms with Gasteiger partial charge in [-0.25, -0.2) is 4.21 Å². The van der Waals surface area contributed by atoms with Crippen molar-refractivity contribution in [3.8, 4) is 11.3 Å². The predicted molar refractivity (Wildman–Crippen MR) is 114 cm³/mol. The summed E-state index contributed by atoms with van der Waals surface area (Å²) in [6.45, 7) is 4.06. The molecule has 0 aliphatic carbocycles. The number of fused-ring (bicyclic) bond motifs is 6. The topological polar surface area (TPSA) is 42.9 Å². The number of pyridine rings is 2. The van der Waals surface area contributed by atoms with Gasteiger partial charge in [0.2, 0.25) is 0 Å². The molecule has 28 heavy (non-hydrogen) atoms. The third-order valence-corrected chi connectivity index (χ3v) is 7.16. The molecule has 0 N–H and O–H groups in total. The molecular formula is C24H16N2OS. The Balaban J connectivity index is 1.88. The van der Waals surface area contributed by atoms with Gasteiger partial charge in [-0.05, 0) is 59.7 Å². The molecule has 3 nitrogen and oxygen atoms in total. The quantitative estimate of drug-likeness (QED) is 0.317. The molecule has 3 aromatic carbocycles. The Morgan fingerprint density at radius 2 is 1.57 bits per heavy atom. The van der Waals surface area contributed by atoms with Crippen LogP contribution in [0.4, 0.5) is 0 Å². The number of aryl methyl sites for hydroxylation is 2. The van der Waals surface area contributed by atoms with Crippen LogP contribution in [-0.4, -0.2) is 14.2 Å². The Kier molecular flexibility index (Phi) is 3.10. The Labute approximate surface area is 164 Å². The maximum absolute atomic E-state index is 13.5. The predicted octanol–water partition coefficient (Wildman–Crippen LogP) is 5.70. The zero-order chi connectivity index (χ0) is 19.0. The first kappa shape index (κ1) is 15.9. The van der Waals surface area contributed by atoms with E-state index in [4.69, 9.17) is 0 Å². The van der Waals surface area contributed by atoms with E-state index in [1.807, 2.05) is 50.4 Å². The molecule has 0 fully saturated rings. The van der Waals surface area contributed by atoms with Crippen LogP contribution in [0.5, 0.6) is 0 Å². The van der Waals surface area contributed by atoms with Crippen LogP contribution in [0.2, 0.25) is 0 Å². The number of benzene rings is 3. The average molecular weight is 380 g/mol. The normalized spacial score (nSPS) is 15.3. The standard InChI is InChI=1S/C24H16N2OS/c1-13-11-19-15(14(2)26-13)7-8-16-17-9-10-25-24-18-5-3-4-6-21(18)28(27)22(23(17)24)12-20(16)19/h3-12H,1-2H3. The van der Waals surface area contributed by atoms with E-state index in [0.717, 1.165) is 64.8 Å². The van der Waals surface area contributed by atoms with Crippen LogP contribution in [0, 0.1) is 13.8 Å². The van der Waals surface area contributed by atoms with Gasteiger partial charge in [-0.1, -0.05) is 30.3 Å². The lowest BCUT2D eigenvalue weighted by Crippen LogP contribution is -2.05. The van der Waals surface area contributed by atoms with E-state index in [1.54, 1.807) is 0 Å². The molecule has 4 heteroatoms. The van der Waals surface area contributed by atoms with Crippen LogP contribution in [0.15, 0.2) is 70.6 Å². The van der Waals surface area contributed by atoms with Crippen molar-refractivity contribution < 1.29 is 4.21 Å². The van der Waals surface area contributed by atoms with E-state index in [9.17, 15) is 4.21 Å². The minimum Gasteiger partial charge on any atom is -0.258 e. The Morgan fingerprint density at radius 3 is 2.46 bits per heavy atom. The second-order valence-corrected chi connectivity index (χ2v) is 8.74. The molecule has 0 spiro atoms. The van der Waals surface area contributed by atoms with E-state index in [1.165, 1.54) is 0 Å². The second-order valence-electron chi connectivity index (χ2n) is 7.33. The highest BCUT2D eigenvalue weighted by atomic mass is 32.2.